The number of amides is 1. The van der Waals surface area contributed by atoms with E-state index in [1.54, 1.807) is 0 Å². The van der Waals surface area contributed by atoms with Gasteiger partial charge < -0.3 is 14.4 Å². The highest BCUT2D eigenvalue weighted by atomic mass is 32.2. The number of pyridine rings is 1. The summed E-state index contributed by atoms with van der Waals surface area (Å²) in [6.07, 6.45) is 2.69. The summed E-state index contributed by atoms with van der Waals surface area (Å²) in [5.74, 6) is 2.54. The van der Waals surface area contributed by atoms with Crippen LogP contribution in [0.2, 0.25) is 0 Å². The Bertz CT molecular complexity index is 1460. The standard InChI is InChI=1S/C30H41N7O2S/c1-9-24(34-40(39)30(5,6)7)27-23-17-36(29(38)22(23)16-26(31-27)35(8)18(2)3)21-12-10-11-20(15-21)28-33-32-25-14-13-19(4)37(25)28/h10-12,15-16,18-19,24,34H,9,13-14,17H2,1-8H3/t19-,24+,40?/m0/s1. The molecule has 214 valence electrons. The van der Waals surface area contributed by atoms with Crippen molar-refractivity contribution in [2.24, 2.45) is 0 Å². The van der Waals surface area contributed by atoms with E-state index in [0.717, 1.165) is 52.8 Å². The third-order valence-corrected chi connectivity index (χ3v) is 9.63. The average Bonchev–Trinajstić information content (AvgIpc) is 3.60. The fraction of sp³-hybridized carbons (Fsp3) is 0.533. The van der Waals surface area contributed by atoms with Crippen LogP contribution in [-0.2, 0) is 24.0 Å². The number of hydrogen-bond acceptors (Lipinski definition) is 6. The van der Waals surface area contributed by atoms with Gasteiger partial charge in [-0.15, -0.1) is 10.2 Å². The van der Waals surface area contributed by atoms with Crippen molar-refractivity contribution in [1.29, 1.82) is 0 Å². The van der Waals surface area contributed by atoms with Crippen molar-refractivity contribution < 1.29 is 9.00 Å². The minimum absolute atomic E-state index is 0.0548. The van der Waals surface area contributed by atoms with E-state index < -0.39 is 15.7 Å². The molecule has 0 spiro atoms. The van der Waals surface area contributed by atoms with Gasteiger partial charge in [-0.1, -0.05) is 19.1 Å². The molecule has 3 atom stereocenters. The van der Waals surface area contributed by atoms with Crippen molar-refractivity contribution >= 4 is 28.4 Å². The lowest BCUT2D eigenvalue weighted by atomic mass is 10.0. The maximum Gasteiger partial charge on any atom is 0.259 e. The zero-order chi connectivity index (χ0) is 28.9. The van der Waals surface area contributed by atoms with Crippen LogP contribution in [0.3, 0.4) is 0 Å². The van der Waals surface area contributed by atoms with Gasteiger partial charge in [0.25, 0.3) is 5.91 Å². The largest absolute Gasteiger partial charge is 0.357 e. The molecule has 2 aromatic heterocycles. The average molecular weight is 564 g/mol. The number of nitrogens with zero attached hydrogens (tertiary/aromatic N) is 6. The van der Waals surface area contributed by atoms with Gasteiger partial charge in [0.15, 0.2) is 5.82 Å². The second kappa shape index (κ2) is 10.7. The highest BCUT2D eigenvalue weighted by Crippen LogP contribution is 2.38. The molecule has 5 rings (SSSR count). The topological polar surface area (TPSA) is 96.2 Å². The van der Waals surface area contributed by atoms with E-state index in [0.29, 0.717) is 24.6 Å². The summed E-state index contributed by atoms with van der Waals surface area (Å²) < 4.78 is 18.2. The zero-order valence-corrected chi connectivity index (χ0v) is 25.7. The Morgan fingerprint density at radius 1 is 1.20 bits per heavy atom. The molecule has 0 saturated heterocycles. The van der Waals surface area contributed by atoms with E-state index in [1.807, 2.05) is 63.1 Å². The van der Waals surface area contributed by atoms with E-state index in [4.69, 9.17) is 4.98 Å². The first-order chi connectivity index (χ1) is 18.9. The third kappa shape index (κ3) is 5.07. The molecule has 1 N–H and O–H groups in total. The lowest BCUT2D eigenvalue weighted by Crippen LogP contribution is -2.36. The molecule has 0 saturated carbocycles. The van der Waals surface area contributed by atoms with E-state index >= 15 is 0 Å². The molecule has 10 heteroatoms. The Morgan fingerprint density at radius 3 is 2.62 bits per heavy atom. The highest BCUT2D eigenvalue weighted by molar-refractivity contribution is 7.84. The maximum absolute atomic E-state index is 14.0. The van der Waals surface area contributed by atoms with Crippen molar-refractivity contribution in [3.63, 3.8) is 0 Å². The summed E-state index contributed by atoms with van der Waals surface area (Å²) in [5.41, 5.74) is 4.08. The molecule has 0 aliphatic carbocycles. The second-order valence-electron chi connectivity index (χ2n) is 12.2. The van der Waals surface area contributed by atoms with E-state index in [1.165, 1.54) is 0 Å². The van der Waals surface area contributed by atoms with Gasteiger partial charge in [0.2, 0.25) is 0 Å². The fourth-order valence-corrected chi connectivity index (χ4v) is 6.21. The summed E-state index contributed by atoms with van der Waals surface area (Å²) in [6.45, 7) is 14.7. The summed E-state index contributed by atoms with van der Waals surface area (Å²) >= 11 is 0. The number of carbonyl (C=O) groups is 1. The van der Waals surface area contributed by atoms with Crippen LogP contribution in [0, 0.1) is 0 Å². The van der Waals surface area contributed by atoms with Gasteiger partial charge >= 0.3 is 0 Å². The Labute approximate surface area is 240 Å². The van der Waals surface area contributed by atoms with Crippen LogP contribution in [0.25, 0.3) is 11.4 Å². The summed E-state index contributed by atoms with van der Waals surface area (Å²) in [6, 6.07) is 10.2. The van der Waals surface area contributed by atoms with E-state index in [9.17, 15) is 9.00 Å². The molecular formula is C30H41N7O2S. The summed E-state index contributed by atoms with van der Waals surface area (Å²) in [5, 5.41) is 8.89. The second-order valence-corrected chi connectivity index (χ2v) is 14.2. The van der Waals surface area contributed by atoms with Gasteiger partial charge in [-0.25, -0.2) is 13.9 Å². The van der Waals surface area contributed by atoms with E-state index in [-0.39, 0.29) is 18.0 Å². The molecule has 1 amide bonds. The zero-order valence-electron chi connectivity index (χ0n) is 24.9. The van der Waals surface area contributed by atoms with Crippen LogP contribution in [0.4, 0.5) is 11.5 Å². The Hall–Kier alpha value is -3.11. The Morgan fingerprint density at radius 2 is 1.95 bits per heavy atom. The van der Waals surface area contributed by atoms with Gasteiger partial charge in [0, 0.05) is 42.4 Å². The van der Waals surface area contributed by atoms with Crippen molar-refractivity contribution in [3.05, 3.63) is 53.0 Å². The van der Waals surface area contributed by atoms with Crippen LogP contribution >= 0.6 is 0 Å². The van der Waals surface area contributed by atoms with Crippen LogP contribution in [0.15, 0.2) is 30.3 Å². The van der Waals surface area contributed by atoms with Gasteiger partial charge in [-0.3, -0.25) is 4.79 Å². The minimum atomic E-state index is -1.28. The third-order valence-electron chi connectivity index (χ3n) is 8.02. The quantitative estimate of drug-likeness (QED) is 0.397. The van der Waals surface area contributed by atoms with Gasteiger partial charge in [-0.2, -0.15) is 0 Å². The summed E-state index contributed by atoms with van der Waals surface area (Å²) in [7, 11) is 0.705. The molecule has 4 heterocycles. The van der Waals surface area contributed by atoms with Crippen molar-refractivity contribution in [2.75, 3.05) is 16.8 Å². The first-order valence-corrected chi connectivity index (χ1v) is 15.4. The molecular weight excluding hydrogens is 522 g/mol. The SMILES string of the molecule is CC[C@@H](NS(=O)C(C)(C)C)c1nc(N(C)C(C)C)cc2c1CN(c1cccc(-c3nnc4n3[C@@H](C)CC4)c1)C2=O. The molecule has 3 aromatic rings. The normalized spacial score (nSPS) is 18.3. The van der Waals surface area contributed by atoms with Gasteiger partial charge in [0.05, 0.1) is 39.6 Å². The number of rotatable bonds is 8. The predicted molar refractivity (Wildman–Crippen MR) is 161 cm³/mol. The monoisotopic (exact) mass is 563 g/mol. The lowest BCUT2D eigenvalue weighted by Gasteiger charge is -2.27. The minimum Gasteiger partial charge on any atom is -0.357 e. The molecule has 40 heavy (non-hydrogen) atoms. The number of benzene rings is 1. The lowest BCUT2D eigenvalue weighted by molar-refractivity contribution is 0.0996. The van der Waals surface area contributed by atoms with Crippen LogP contribution in [0.1, 0.15) is 101 Å². The predicted octanol–water partition coefficient (Wildman–Crippen LogP) is 5.36. The van der Waals surface area contributed by atoms with Crippen molar-refractivity contribution in [3.8, 4) is 11.4 Å². The number of fused-ring (bicyclic) bond motifs is 2. The number of hydrogen-bond donors (Lipinski definition) is 1. The van der Waals surface area contributed by atoms with Gasteiger partial charge in [-0.05, 0) is 72.6 Å². The highest BCUT2D eigenvalue weighted by Gasteiger charge is 2.36. The molecule has 2 aliphatic heterocycles. The molecule has 2 aliphatic rings. The fourth-order valence-electron chi connectivity index (χ4n) is 5.32. The van der Waals surface area contributed by atoms with E-state index in [2.05, 4.69) is 52.1 Å². The number of nitrogens with one attached hydrogen (secondary N) is 1. The van der Waals surface area contributed by atoms with Crippen LogP contribution in [-0.4, -0.2) is 47.7 Å². The first kappa shape index (κ1) is 28.4. The molecule has 1 aromatic carbocycles. The Kier molecular flexibility index (Phi) is 7.60. The Balaban J connectivity index is 1.55. The molecule has 9 nitrogen and oxygen atoms in total. The molecule has 1 unspecified atom stereocenters. The van der Waals surface area contributed by atoms with Crippen LogP contribution in [0.5, 0.6) is 0 Å². The van der Waals surface area contributed by atoms with Crippen molar-refractivity contribution in [2.45, 2.75) is 97.1 Å². The molecule has 0 fully saturated rings. The van der Waals surface area contributed by atoms with Crippen LogP contribution < -0.4 is 14.5 Å². The molecule has 0 bridgehead atoms. The number of anilines is 2. The van der Waals surface area contributed by atoms with Gasteiger partial charge in [0.1, 0.15) is 11.6 Å². The summed E-state index contributed by atoms with van der Waals surface area (Å²) in [4.78, 5) is 22.9. The number of carbonyl (C=O) groups excluding carboxylic acids is 1. The maximum atomic E-state index is 14.0. The number of aryl methyl sites for hydroxylation is 1. The van der Waals surface area contributed by atoms with Crippen molar-refractivity contribution in [1.82, 2.24) is 24.5 Å². The number of aromatic nitrogens is 4. The molecule has 0 radical (unpaired) electrons. The first-order valence-electron chi connectivity index (χ1n) is 14.2. The smallest absolute Gasteiger partial charge is 0.259 e.